The molecule has 0 aliphatic carbocycles. The molecule has 0 spiro atoms. The Bertz CT molecular complexity index is 845. The van der Waals surface area contributed by atoms with Crippen LogP contribution >= 0.6 is 15.9 Å². The lowest BCUT2D eigenvalue weighted by molar-refractivity contribution is -0.579. The van der Waals surface area contributed by atoms with Crippen LogP contribution in [0.1, 0.15) is 17.9 Å². The summed E-state index contributed by atoms with van der Waals surface area (Å²) in [6, 6.07) is 12.3. The molecule has 0 aromatic heterocycles. The van der Waals surface area contributed by atoms with E-state index in [9.17, 15) is 23.6 Å². The molecule has 2 rings (SSSR count). The number of nitrogens with zero attached hydrogens (tertiary/aromatic N) is 1. The fraction of sp³-hybridized carbons (Fsp3) is 0.250. The highest BCUT2D eigenvalue weighted by Crippen LogP contribution is 2.42. The van der Waals surface area contributed by atoms with Crippen molar-refractivity contribution in [3.63, 3.8) is 0 Å². The number of hydrogen-bond acceptors (Lipinski definition) is 5. The molecule has 2 aromatic rings. The van der Waals surface area contributed by atoms with Crippen LogP contribution in [0, 0.1) is 10.1 Å². The first-order valence-corrected chi connectivity index (χ1v) is 9.52. The molecule has 1 N–H and O–H groups in total. The Balaban J connectivity index is 2.67. The smallest absolute Gasteiger partial charge is 0.396 e. The molecule has 0 bridgehead atoms. The molecular weight excluding hydrogens is 417 g/mol. The zero-order chi connectivity index (χ0) is 18.7. The van der Waals surface area contributed by atoms with Crippen molar-refractivity contribution in [3.05, 3.63) is 74.7 Å². The Hall–Kier alpha value is -1.84. The molecule has 0 saturated heterocycles. The molecule has 0 fully saturated rings. The Morgan fingerprint density at radius 2 is 1.72 bits per heavy atom. The third-order valence-corrected chi connectivity index (χ3v) is 6.41. The summed E-state index contributed by atoms with van der Waals surface area (Å²) >= 11 is 3.19. The normalized spacial score (nSPS) is 15.3. The maximum absolute atomic E-state index is 15.6. The van der Waals surface area contributed by atoms with Crippen LogP contribution in [0.3, 0.4) is 0 Å². The Kier molecular flexibility index (Phi) is 5.91. The molecule has 2 aromatic carbocycles. The number of benzene rings is 2. The van der Waals surface area contributed by atoms with Crippen LogP contribution in [0.15, 0.2) is 64.0 Å². The van der Waals surface area contributed by atoms with Gasteiger partial charge in [0.2, 0.25) is 0 Å². The van der Waals surface area contributed by atoms with Crippen molar-refractivity contribution in [1.82, 2.24) is 0 Å². The highest BCUT2D eigenvalue weighted by Gasteiger charge is 2.63. The predicted molar refractivity (Wildman–Crippen MR) is 93.0 cm³/mol. The number of halogens is 2. The number of aliphatic hydroxyl groups is 1. The van der Waals surface area contributed by atoms with Gasteiger partial charge in [-0.25, -0.2) is 8.42 Å². The van der Waals surface area contributed by atoms with Gasteiger partial charge in [0, 0.05) is 11.1 Å². The zero-order valence-corrected chi connectivity index (χ0v) is 15.3. The van der Waals surface area contributed by atoms with E-state index in [0.29, 0.717) is 4.47 Å². The summed E-state index contributed by atoms with van der Waals surface area (Å²) in [5.41, 5.74) is 0.107. The van der Waals surface area contributed by atoms with Gasteiger partial charge in [0.05, 0.1) is 9.82 Å². The number of rotatable bonds is 7. The van der Waals surface area contributed by atoms with Gasteiger partial charge in [-0.15, -0.1) is 4.39 Å². The molecule has 0 saturated carbocycles. The molecule has 0 radical (unpaired) electrons. The number of nitro groups is 1. The minimum absolute atomic E-state index is 0.107. The first kappa shape index (κ1) is 19.5. The van der Waals surface area contributed by atoms with E-state index >= 15 is 4.39 Å². The van der Waals surface area contributed by atoms with Crippen LogP contribution in [0.2, 0.25) is 0 Å². The molecular formula is C16H15BrFNO5S. The first-order chi connectivity index (χ1) is 11.7. The Morgan fingerprint density at radius 3 is 2.20 bits per heavy atom. The fourth-order valence-corrected chi connectivity index (χ4v) is 4.49. The van der Waals surface area contributed by atoms with Gasteiger partial charge in [0.15, 0.2) is 0 Å². The number of hydrogen-bond donors (Lipinski definition) is 1. The number of sulfone groups is 1. The van der Waals surface area contributed by atoms with E-state index < -0.39 is 43.7 Å². The summed E-state index contributed by atoms with van der Waals surface area (Å²) in [6.07, 6.45) is -0.425. The zero-order valence-electron chi connectivity index (χ0n) is 12.9. The minimum Gasteiger partial charge on any atom is -0.396 e. The molecule has 0 heterocycles. The second kappa shape index (κ2) is 7.59. The monoisotopic (exact) mass is 431 g/mol. The van der Waals surface area contributed by atoms with Gasteiger partial charge in [0.25, 0.3) is 9.84 Å². The van der Waals surface area contributed by atoms with E-state index in [-0.39, 0.29) is 5.56 Å². The third kappa shape index (κ3) is 3.58. The largest absolute Gasteiger partial charge is 0.469 e. The number of alkyl halides is 1. The van der Waals surface area contributed by atoms with E-state index in [1.807, 2.05) is 0 Å². The van der Waals surface area contributed by atoms with E-state index in [1.54, 1.807) is 0 Å². The van der Waals surface area contributed by atoms with Crippen molar-refractivity contribution < 1.29 is 22.8 Å². The average molecular weight is 432 g/mol. The van der Waals surface area contributed by atoms with Gasteiger partial charge in [-0.2, -0.15) is 0 Å². The van der Waals surface area contributed by atoms with Gasteiger partial charge in [-0.3, -0.25) is 10.1 Å². The molecule has 2 atom stereocenters. The summed E-state index contributed by atoms with van der Waals surface area (Å²) < 4.78 is 41.7. The summed E-state index contributed by atoms with van der Waals surface area (Å²) in [7, 11) is -4.97. The molecule has 0 unspecified atom stereocenters. The van der Waals surface area contributed by atoms with Crippen molar-refractivity contribution in [2.24, 2.45) is 0 Å². The minimum atomic E-state index is -4.97. The van der Waals surface area contributed by atoms with Crippen LogP contribution in [-0.4, -0.2) is 30.2 Å². The van der Waals surface area contributed by atoms with Gasteiger partial charge in [-0.05, 0) is 36.2 Å². The van der Waals surface area contributed by atoms with Crippen molar-refractivity contribution in [3.8, 4) is 0 Å². The van der Waals surface area contributed by atoms with Crippen molar-refractivity contribution in [1.29, 1.82) is 0 Å². The van der Waals surface area contributed by atoms with E-state index in [1.165, 1.54) is 42.5 Å². The van der Waals surface area contributed by atoms with E-state index in [4.69, 9.17) is 0 Å². The van der Waals surface area contributed by atoms with Gasteiger partial charge >= 0.3 is 5.12 Å². The van der Waals surface area contributed by atoms with Crippen LogP contribution in [0.4, 0.5) is 4.39 Å². The molecule has 134 valence electrons. The van der Waals surface area contributed by atoms with Gasteiger partial charge in [-0.1, -0.05) is 46.3 Å². The highest BCUT2D eigenvalue weighted by molar-refractivity contribution is 9.10. The summed E-state index contributed by atoms with van der Waals surface area (Å²) in [5.74, 6) is -1.68. The quantitative estimate of drug-likeness (QED) is 0.412. The van der Waals surface area contributed by atoms with Crippen molar-refractivity contribution in [2.75, 3.05) is 6.61 Å². The summed E-state index contributed by atoms with van der Waals surface area (Å²) in [4.78, 5) is 9.63. The Labute approximate surface area is 152 Å². The summed E-state index contributed by atoms with van der Waals surface area (Å²) in [5, 5.41) is 17.0. The van der Waals surface area contributed by atoms with E-state index in [2.05, 4.69) is 15.9 Å². The molecule has 9 heteroatoms. The van der Waals surface area contributed by atoms with Gasteiger partial charge in [0.1, 0.15) is 5.92 Å². The van der Waals surface area contributed by atoms with Crippen LogP contribution in [-0.2, 0) is 9.84 Å². The van der Waals surface area contributed by atoms with Crippen molar-refractivity contribution in [2.45, 2.75) is 22.4 Å². The molecule has 0 aliphatic heterocycles. The van der Waals surface area contributed by atoms with Crippen LogP contribution < -0.4 is 0 Å². The van der Waals surface area contributed by atoms with E-state index in [0.717, 1.165) is 12.1 Å². The van der Waals surface area contributed by atoms with Crippen LogP contribution in [0.25, 0.3) is 0 Å². The third-order valence-electron chi connectivity index (χ3n) is 3.80. The maximum Gasteiger partial charge on any atom is 0.469 e. The second-order valence-corrected chi connectivity index (χ2v) is 8.27. The molecule has 0 aliphatic rings. The molecule has 6 nitrogen and oxygen atoms in total. The van der Waals surface area contributed by atoms with Gasteiger partial charge < -0.3 is 5.11 Å². The van der Waals surface area contributed by atoms with Crippen LogP contribution in [0.5, 0.6) is 0 Å². The summed E-state index contributed by atoms with van der Waals surface area (Å²) in [6.45, 7) is -0.607. The average Bonchev–Trinajstić information content (AvgIpc) is 2.60. The second-order valence-electron chi connectivity index (χ2n) is 5.30. The topological polar surface area (TPSA) is 97.5 Å². The lowest BCUT2D eigenvalue weighted by Gasteiger charge is -2.26. The lowest BCUT2D eigenvalue weighted by Crippen LogP contribution is -2.47. The SMILES string of the molecule is O=[N+]([O-])[C@@](F)([C@@H](CCO)c1ccc(Br)cc1)S(=O)(=O)c1ccccc1. The number of aliphatic hydroxyl groups excluding tert-OH is 1. The van der Waals surface area contributed by atoms with Crippen molar-refractivity contribution >= 4 is 25.8 Å². The maximum atomic E-state index is 15.6. The standard InChI is InChI=1S/C16H15BrFNO5S/c17-13-8-6-12(7-9-13)15(10-11-20)16(18,19(21)22)25(23,24)14-4-2-1-3-5-14/h1-9,15,20H,10-11H2/t15-,16-/m0/s1. The fourth-order valence-electron chi connectivity index (χ4n) is 2.55. The first-order valence-electron chi connectivity index (χ1n) is 7.24. The predicted octanol–water partition coefficient (Wildman–Crippen LogP) is 3.29. The Morgan fingerprint density at radius 1 is 1.16 bits per heavy atom. The molecule has 25 heavy (non-hydrogen) atoms. The highest BCUT2D eigenvalue weighted by atomic mass is 79.9. The lowest BCUT2D eigenvalue weighted by atomic mass is 9.94. The molecule has 0 amide bonds.